The van der Waals surface area contributed by atoms with Crippen LogP contribution in [0, 0.1) is 12.7 Å². The molecule has 0 fully saturated rings. The number of carbonyl (C=O) groups excluding carboxylic acids is 1. The van der Waals surface area contributed by atoms with Gasteiger partial charge in [-0.05, 0) is 30.7 Å². The number of amides is 1. The molecule has 0 aliphatic carbocycles. The summed E-state index contributed by atoms with van der Waals surface area (Å²) in [6.07, 6.45) is 1.43. The van der Waals surface area contributed by atoms with Crippen molar-refractivity contribution in [1.29, 1.82) is 0 Å². The molecule has 106 valence electrons. The lowest BCUT2D eigenvalue weighted by Gasteiger charge is -2.06. The first-order valence-electron chi connectivity index (χ1n) is 5.99. The Hall–Kier alpha value is -2.54. The maximum atomic E-state index is 13.0. The number of anilines is 1. The van der Waals surface area contributed by atoms with Crippen molar-refractivity contribution in [2.24, 2.45) is 0 Å². The van der Waals surface area contributed by atoms with Gasteiger partial charge >= 0.3 is 0 Å². The lowest BCUT2D eigenvalue weighted by Crippen LogP contribution is -2.15. The minimum absolute atomic E-state index is 0.0355. The van der Waals surface area contributed by atoms with Gasteiger partial charge in [0.2, 0.25) is 5.95 Å². The van der Waals surface area contributed by atoms with Gasteiger partial charge in [0, 0.05) is 5.56 Å². The summed E-state index contributed by atoms with van der Waals surface area (Å²) in [6.45, 7) is 1.64. The molecule has 1 aromatic carbocycles. The number of hydrogen-bond donors (Lipinski definition) is 2. The molecule has 2 N–H and O–H groups in total. The fourth-order valence-electron chi connectivity index (χ4n) is 1.90. The SMILES string of the molecule is Cc1cc(F)ccc1C(=O)Nc1nc(Cl)c2[nH]cnc2n1. The molecule has 0 aliphatic heterocycles. The van der Waals surface area contributed by atoms with Crippen molar-refractivity contribution >= 4 is 34.6 Å². The molecule has 0 spiro atoms. The summed E-state index contributed by atoms with van der Waals surface area (Å²) in [5, 5.41) is 2.68. The van der Waals surface area contributed by atoms with E-state index in [0.29, 0.717) is 22.3 Å². The smallest absolute Gasteiger partial charge is 0.258 e. The number of halogens is 2. The van der Waals surface area contributed by atoms with Crippen molar-refractivity contribution in [1.82, 2.24) is 19.9 Å². The minimum atomic E-state index is -0.446. The van der Waals surface area contributed by atoms with Gasteiger partial charge in [0.05, 0.1) is 6.33 Å². The van der Waals surface area contributed by atoms with Gasteiger partial charge in [0.15, 0.2) is 10.8 Å². The number of aromatic nitrogens is 4. The molecule has 8 heteroatoms. The third kappa shape index (κ3) is 2.55. The molecule has 1 amide bonds. The number of benzene rings is 1. The first kappa shape index (κ1) is 13.4. The Bertz CT molecular complexity index is 848. The van der Waals surface area contributed by atoms with E-state index in [2.05, 4.69) is 25.3 Å². The predicted molar refractivity (Wildman–Crippen MR) is 75.8 cm³/mol. The number of nitrogens with zero attached hydrogens (tertiary/aromatic N) is 3. The first-order valence-corrected chi connectivity index (χ1v) is 6.36. The van der Waals surface area contributed by atoms with Crippen LogP contribution >= 0.6 is 11.6 Å². The Balaban J connectivity index is 1.92. The molecule has 2 heterocycles. The maximum Gasteiger partial charge on any atom is 0.258 e. The minimum Gasteiger partial charge on any atom is -0.341 e. The molecule has 0 radical (unpaired) electrons. The highest BCUT2D eigenvalue weighted by Crippen LogP contribution is 2.19. The molecular weight excluding hydrogens is 297 g/mol. The topological polar surface area (TPSA) is 83.6 Å². The number of aromatic amines is 1. The quantitative estimate of drug-likeness (QED) is 0.713. The van der Waals surface area contributed by atoms with Crippen molar-refractivity contribution in [3.63, 3.8) is 0 Å². The number of nitrogens with one attached hydrogen (secondary N) is 2. The lowest BCUT2D eigenvalue weighted by molar-refractivity contribution is 0.102. The van der Waals surface area contributed by atoms with Crippen LogP contribution in [0.15, 0.2) is 24.5 Å². The van der Waals surface area contributed by atoms with Crippen LogP contribution in [-0.4, -0.2) is 25.8 Å². The fraction of sp³-hybridized carbons (Fsp3) is 0.0769. The van der Waals surface area contributed by atoms with Crippen molar-refractivity contribution in [2.45, 2.75) is 6.92 Å². The summed E-state index contributed by atoms with van der Waals surface area (Å²) in [5.74, 6) is -0.812. The van der Waals surface area contributed by atoms with Crippen molar-refractivity contribution in [3.8, 4) is 0 Å². The number of imidazole rings is 1. The van der Waals surface area contributed by atoms with Crippen LogP contribution in [-0.2, 0) is 0 Å². The third-order valence-corrected chi connectivity index (χ3v) is 3.17. The molecule has 0 unspecified atom stereocenters. The molecule has 0 saturated heterocycles. The number of carbonyl (C=O) groups is 1. The summed E-state index contributed by atoms with van der Waals surface area (Å²) in [7, 11) is 0. The molecule has 21 heavy (non-hydrogen) atoms. The van der Waals surface area contributed by atoms with Gasteiger partial charge in [-0.2, -0.15) is 9.97 Å². The zero-order valence-corrected chi connectivity index (χ0v) is 11.6. The zero-order valence-electron chi connectivity index (χ0n) is 10.8. The molecule has 0 bridgehead atoms. The Morgan fingerprint density at radius 1 is 1.38 bits per heavy atom. The normalized spacial score (nSPS) is 10.8. The average Bonchev–Trinajstić information content (AvgIpc) is 2.87. The van der Waals surface area contributed by atoms with Gasteiger partial charge in [-0.3, -0.25) is 10.1 Å². The number of aryl methyl sites for hydroxylation is 1. The second kappa shape index (κ2) is 5.10. The van der Waals surface area contributed by atoms with Crippen molar-refractivity contribution in [3.05, 3.63) is 46.6 Å². The second-order valence-electron chi connectivity index (χ2n) is 4.35. The third-order valence-electron chi connectivity index (χ3n) is 2.90. The van der Waals surface area contributed by atoms with E-state index in [-0.39, 0.29) is 11.1 Å². The molecule has 0 aliphatic rings. The summed E-state index contributed by atoms with van der Waals surface area (Å²) in [6, 6.07) is 3.89. The van der Waals surface area contributed by atoms with Gasteiger partial charge in [-0.1, -0.05) is 11.6 Å². The molecule has 0 atom stereocenters. The fourth-order valence-corrected chi connectivity index (χ4v) is 2.12. The molecule has 0 saturated carbocycles. The van der Waals surface area contributed by atoms with Crippen LogP contribution in [0.25, 0.3) is 11.2 Å². The van der Waals surface area contributed by atoms with Crippen LogP contribution in [0.1, 0.15) is 15.9 Å². The summed E-state index contributed by atoms with van der Waals surface area (Å²) in [5.41, 5.74) is 1.69. The van der Waals surface area contributed by atoms with E-state index >= 15 is 0 Å². The predicted octanol–water partition coefficient (Wildman–Crippen LogP) is 2.71. The summed E-state index contributed by atoms with van der Waals surface area (Å²) in [4.78, 5) is 26.9. The Morgan fingerprint density at radius 2 is 2.19 bits per heavy atom. The van der Waals surface area contributed by atoms with Gasteiger partial charge in [-0.15, -0.1) is 0 Å². The number of H-pyrrole nitrogens is 1. The van der Waals surface area contributed by atoms with Crippen LogP contribution in [0.2, 0.25) is 5.15 Å². The number of fused-ring (bicyclic) bond motifs is 1. The Labute approximate surface area is 123 Å². The molecule has 3 rings (SSSR count). The number of hydrogen-bond acceptors (Lipinski definition) is 4. The summed E-state index contributed by atoms with van der Waals surface area (Å²) >= 11 is 5.96. The molecular formula is C13H9ClFN5O. The van der Waals surface area contributed by atoms with Gasteiger partial charge < -0.3 is 4.98 Å². The van der Waals surface area contributed by atoms with E-state index in [1.807, 2.05) is 0 Å². The maximum absolute atomic E-state index is 13.0. The largest absolute Gasteiger partial charge is 0.341 e. The first-order chi connectivity index (χ1) is 10.0. The Kier molecular flexibility index (Phi) is 3.26. The van der Waals surface area contributed by atoms with E-state index in [1.165, 1.54) is 24.5 Å². The monoisotopic (exact) mass is 305 g/mol. The highest BCUT2D eigenvalue weighted by atomic mass is 35.5. The molecule has 3 aromatic rings. The molecule has 6 nitrogen and oxygen atoms in total. The Morgan fingerprint density at radius 3 is 2.95 bits per heavy atom. The average molecular weight is 306 g/mol. The van der Waals surface area contributed by atoms with Crippen LogP contribution in [0.3, 0.4) is 0 Å². The second-order valence-corrected chi connectivity index (χ2v) is 4.71. The van der Waals surface area contributed by atoms with Gasteiger partial charge in [0.1, 0.15) is 11.3 Å². The summed E-state index contributed by atoms with van der Waals surface area (Å²) < 4.78 is 13.0. The number of rotatable bonds is 2. The standard InChI is InChI=1S/C13H9ClFN5O/c1-6-4-7(15)2-3-8(6)12(21)20-13-18-10(14)9-11(19-13)17-5-16-9/h2-5H,1H3,(H2,16,17,18,19,20,21). The zero-order chi connectivity index (χ0) is 15.0. The van der Waals surface area contributed by atoms with Crippen molar-refractivity contribution < 1.29 is 9.18 Å². The van der Waals surface area contributed by atoms with E-state index < -0.39 is 11.7 Å². The van der Waals surface area contributed by atoms with Gasteiger partial charge in [0.25, 0.3) is 5.91 Å². The van der Waals surface area contributed by atoms with Crippen LogP contribution < -0.4 is 5.32 Å². The van der Waals surface area contributed by atoms with E-state index in [4.69, 9.17) is 11.6 Å². The van der Waals surface area contributed by atoms with Crippen LogP contribution in [0.5, 0.6) is 0 Å². The molecule has 2 aromatic heterocycles. The van der Waals surface area contributed by atoms with E-state index in [1.54, 1.807) is 6.92 Å². The highest BCUT2D eigenvalue weighted by Gasteiger charge is 2.14. The van der Waals surface area contributed by atoms with Crippen LogP contribution in [0.4, 0.5) is 10.3 Å². The van der Waals surface area contributed by atoms with E-state index in [0.717, 1.165) is 0 Å². The lowest BCUT2D eigenvalue weighted by atomic mass is 10.1. The van der Waals surface area contributed by atoms with Gasteiger partial charge in [-0.25, -0.2) is 9.37 Å². The van der Waals surface area contributed by atoms with Crippen molar-refractivity contribution in [2.75, 3.05) is 5.32 Å². The highest BCUT2D eigenvalue weighted by molar-refractivity contribution is 6.33. The van der Waals surface area contributed by atoms with E-state index in [9.17, 15) is 9.18 Å².